The molecule has 1 aromatic heterocycles. The monoisotopic (exact) mass is 341 g/mol. The molecule has 1 aliphatic rings. The second kappa shape index (κ2) is 7.72. The molecule has 2 aromatic rings. The first-order chi connectivity index (χ1) is 12.2. The Kier molecular flexibility index (Phi) is 5.20. The molecule has 3 rings (SSSR count). The molecule has 0 saturated carbocycles. The van der Waals surface area contributed by atoms with Crippen molar-refractivity contribution >= 4 is 11.6 Å². The van der Waals surface area contributed by atoms with E-state index in [9.17, 15) is 15.4 Å². The van der Waals surface area contributed by atoms with Crippen LogP contribution < -0.4 is 4.90 Å². The molecule has 0 N–H and O–H groups in total. The number of aryl methyl sites for hydroxylation is 1. The van der Waals surface area contributed by atoms with Gasteiger partial charge in [0.05, 0.1) is 17.8 Å². The zero-order chi connectivity index (χ0) is 17.6. The number of piperazine rings is 1. The summed E-state index contributed by atoms with van der Waals surface area (Å²) >= 11 is 0. The van der Waals surface area contributed by atoms with Crippen molar-refractivity contribution < 1.29 is 4.92 Å². The molecular formula is C16H19N7O2. The molecule has 1 fully saturated rings. The van der Waals surface area contributed by atoms with Gasteiger partial charge in [0, 0.05) is 37.8 Å². The summed E-state index contributed by atoms with van der Waals surface area (Å²) in [7, 11) is 0. The third kappa shape index (κ3) is 4.10. The number of aromatic nitrogens is 3. The van der Waals surface area contributed by atoms with E-state index in [1.165, 1.54) is 11.0 Å². The van der Waals surface area contributed by atoms with Gasteiger partial charge in [0.25, 0.3) is 0 Å². The van der Waals surface area contributed by atoms with Crippen LogP contribution in [0.3, 0.4) is 0 Å². The number of anilines is 1. The highest BCUT2D eigenvalue weighted by molar-refractivity contribution is 5.59. The molecule has 9 nitrogen and oxygen atoms in total. The summed E-state index contributed by atoms with van der Waals surface area (Å²) in [5.74, 6) is -0.357. The number of rotatable bonds is 6. The van der Waals surface area contributed by atoms with Gasteiger partial charge in [0.2, 0.25) is 6.33 Å². The largest absolute Gasteiger partial charge is 0.490 e. The van der Waals surface area contributed by atoms with Crippen molar-refractivity contribution in [3.05, 3.63) is 46.3 Å². The number of nitro groups is 1. The van der Waals surface area contributed by atoms with Crippen molar-refractivity contribution in [3.63, 3.8) is 0 Å². The summed E-state index contributed by atoms with van der Waals surface area (Å²) in [6, 6.07) is 9.93. The van der Waals surface area contributed by atoms with Crippen molar-refractivity contribution in [3.8, 4) is 6.07 Å². The second-order valence-corrected chi connectivity index (χ2v) is 5.88. The van der Waals surface area contributed by atoms with Gasteiger partial charge >= 0.3 is 5.95 Å². The Morgan fingerprint density at radius 1 is 1.20 bits per heavy atom. The Bertz CT molecular complexity index is 775. The van der Waals surface area contributed by atoms with Crippen LogP contribution in [0.1, 0.15) is 12.0 Å². The van der Waals surface area contributed by atoms with E-state index in [-0.39, 0.29) is 5.95 Å². The fourth-order valence-corrected chi connectivity index (χ4v) is 2.99. The molecule has 130 valence electrons. The predicted molar refractivity (Wildman–Crippen MR) is 91.1 cm³/mol. The van der Waals surface area contributed by atoms with Gasteiger partial charge < -0.3 is 15.0 Å². The molecular weight excluding hydrogens is 322 g/mol. The zero-order valence-electron chi connectivity index (χ0n) is 13.8. The molecule has 0 aliphatic carbocycles. The minimum Gasteiger partial charge on any atom is -0.390 e. The van der Waals surface area contributed by atoms with Crippen LogP contribution in [0.4, 0.5) is 11.6 Å². The molecule has 1 saturated heterocycles. The van der Waals surface area contributed by atoms with Crippen molar-refractivity contribution in [2.75, 3.05) is 37.6 Å². The topological polar surface area (TPSA) is 104 Å². The van der Waals surface area contributed by atoms with E-state index in [0.29, 0.717) is 12.1 Å². The minimum atomic E-state index is -0.588. The van der Waals surface area contributed by atoms with Gasteiger partial charge in [0.1, 0.15) is 6.07 Å². The van der Waals surface area contributed by atoms with Gasteiger partial charge in [-0.2, -0.15) is 9.94 Å². The molecule has 0 unspecified atom stereocenters. The molecule has 0 atom stereocenters. The molecule has 0 bridgehead atoms. The number of hydrogen-bond acceptors (Lipinski definition) is 7. The maximum atomic E-state index is 10.6. The summed E-state index contributed by atoms with van der Waals surface area (Å²) < 4.78 is 1.51. The van der Waals surface area contributed by atoms with Gasteiger partial charge in [-0.05, 0) is 23.5 Å². The Morgan fingerprint density at radius 3 is 2.64 bits per heavy atom. The zero-order valence-corrected chi connectivity index (χ0v) is 13.8. The van der Waals surface area contributed by atoms with E-state index in [1.807, 2.05) is 24.3 Å². The van der Waals surface area contributed by atoms with Crippen molar-refractivity contribution in [2.24, 2.45) is 0 Å². The predicted octanol–water partition coefficient (Wildman–Crippen LogP) is 1.27. The third-order valence-electron chi connectivity index (χ3n) is 4.29. The average molecular weight is 341 g/mol. The number of hydrogen-bond donors (Lipinski definition) is 0. The van der Waals surface area contributed by atoms with Gasteiger partial charge in [-0.1, -0.05) is 17.1 Å². The van der Waals surface area contributed by atoms with Crippen LogP contribution in [0.5, 0.6) is 0 Å². The lowest BCUT2D eigenvalue weighted by atomic mass is 10.1. The van der Waals surface area contributed by atoms with Crippen LogP contribution >= 0.6 is 0 Å². The minimum absolute atomic E-state index is 0.357. The van der Waals surface area contributed by atoms with Gasteiger partial charge in [0.15, 0.2) is 0 Å². The van der Waals surface area contributed by atoms with Crippen molar-refractivity contribution in [2.45, 2.75) is 13.0 Å². The van der Waals surface area contributed by atoms with E-state index in [2.05, 4.69) is 26.0 Å². The van der Waals surface area contributed by atoms with Crippen LogP contribution in [-0.2, 0) is 6.54 Å². The third-order valence-corrected chi connectivity index (χ3v) is 4.29. The summed E-state index contributed by atoms with van der Waals surface area (Å²) in [6.45, 7) is 5.13. The Balaban J connectivity index is 1.45. The highest BCUT2D eigenvalue weighted by atomic mass is 16.6. The van der Waals surface area contributed by atoms with Crippen LogP contribution in [0.25, 0.3) is 0 Å². The lowest BCUT2D eigenvalue weighted by molar-refractivity contribution is -0.394. The molecule has 1 aliphatic heterocycles. The standard InChI is InChI=1S/C16H19N7O2/c17-12-14-4-1-2-5-15(14)21-10-8-20(9-11-21)6-3-7-22-13-18-16(19-22)23(24)25/h1-2,4-5,13H,3,6-11H2. The highest BCUT2D eigenvalue weighted by Gasteiger charge is 2.19. The summed E-state index contributed by atoms with van der Waals surface area (Å²) in [5.41, 5.74) is 1.71. The van der Waals surface area contributed by atoms with E-state index in [4.69, 9.17) is 0 Å². The molecule has 0 spiro atoms. The smallest absolute Gasteiger partial charge is 0.390 e. The Labute approximate surface area is 145 Å². The number of para-hydroxylation sites is 1. The number of benzene rings is 1. The van der Waals surface area contributed by atoms with Crippen molar-refractivity contribution in [1.29, 1.82) is 5.26 Å². The molecule has 0 amide bonds. The van der Waals surface area contributed by atoms with Crippen LogP contribution in [0.2, 0.25) is 0 Å². The lowest BCUT2D eigenvalue weighted by Gasteiger charge is -2.36. The van der Waals surface area contributed by atoms with E-state index in [1.54, 1.807) is 0 Å². The molecule has 2 heterocycles. The lowest BCUT2D eigenvalue weighted by Crippen LogP contribution is -2.47. The van der Waals surface area contributed by atoms with Crippen LogP contribution in [-0.4, -0.2) is 57.3 Å². The maximum Gasteiger partial charge on any atom is 0.490 e. The molecule has 9 heteroatoms. The normalized spacial score (nSPS) is 15.1. The van der Waals surface area contributed by atoms with Gasteiger partial charge in [-0.3, -0.25) is 4.90 Å². The van der Waals surface area contributed by atoms with Gasteiger partial charge in [-0.25, -0.2) is 0 Å². The van der Waals surface area contributed by atoms with Crippen LogP contribution in [0.15, 0.2) is 30.6 Å². The number of nitrogens with zero attached hydrogens (tertiary/aromatic N) is 7. The van der Waals surface area contributed by atoms with E-state index >= 15 is 0 Å². The van der Waals surface area contributed by atoms with Gasteiger partial charge in [-0.15, -0.1) is 0 Å². The SMILES string of the molecule is N#Cc1ccccc1N1CCN(CCCn2cnc([N+](=O)[O-])n2)CC1. The second-order valence-electron chi connectivity index (χ2n) is 5.88. The molecule has 1 aromatic carbocycles. The Hall–Kier alpha value is -2.99. The highest BCUT2D eigenvalue weighted by Crippen LogP contribution is 2.21. The van der Waals surface area contributed by atoms with Crippen molar-refractivity contribution in [1.82, 2.24) is 19.7 Å². The molecule has 0 radical (unpaired) electrons. The average Bonchev–Trinajstić information content (AvgIpc) is 3.11. The summed E-state index contributed by atoms with van der Waals surface area (Å²) in [4.78, 5) is 18.2. The first-order valence-corrected chi connectivity index (χ1v) is 8.17. The maximum absolute atomic E-state index is 10.6. The van der Waals surface area contributed by atoms with E-state index in [0.717, 1.165) is 44.8 Å². The summed E-state index contributed by atoms with van der Waals surface area (Å²) in [5, 5.41) is 23.6. The number of nitriles is 1. The van der Waals surface area contributed by atoms with Crippen LogP contribution in [0, 0.1) is 21.4 Å². The summed E-state index contributed by atoms with van der Waals surface area (Å²) in [6.07, 6.45) is 2.25. The van der Waals surface area contributed by atoms with E-state index < -0.39 is 4.92 Å². The first-order valence-electron chi connectivity index (χ1n) is 8.17. The Morgan fingerprint density at radius 2 is 1.96 bits per heavy atom. The quantitative estimate of drug-likeness (QED) is 0.575. The molecule has 25 heavy (non-hydrogen) atoms. The first kappa shape index (κ1) is 16.9. The fourth-order valence-electron chi connectivity index (χ4n) is 2.99. The fraction of sp³-hybridized carbons (Fsp3) is 0.438.